The molecule has 0 spiro atoms. The Labute approximate surface area is 169 Å². The fraction of sp³-hybridized carbons (Fsp3) is 0.0800. The first kappa shape index (κ1) is 18.3. The SMILES string of the molecule is CSc1cccc(-n2c(-c3ccccc3)cc(=O)c(C)c2-c2ccccc2)c1. The summed E-state index contributed by atoms with van der Waals surface area (Å²) in [5, 5.41) is 0. The Morgan fingerprint density at radius 1 is 0.750 bits per heavy atom. The first-order chi connectivity index (χ1) is 13.7. The molecule has 0 amide bonds. The van der Waals surface area contributed by atoms with Gasteiger partial charge in [-0.3, -0.25) is 4.79 Å². The molecule has 0 aliphatic heterocycles. The van der Waals surface area contributed by atoms with Gasteiger partial charge in [0.05, 0.1) is 11.4 Å². The number of hydrogen-bond acceptors (Lipinski definition) is 2. The van der Waals surface area contributed by atoms with Crippen molar-refractivity contribution in [3.8, 4) is 28.2 Å². The maximum Gasteiger partial charge on any atom is 0.185 e. The Morgan fingerprint density at radius 2 is 1.39 bits per heavy atom. The van der Waals surface area contributed by atoms with E-state index >= 15 is 0 Å². The molecule has 0 radical (unpaired) electrons. The summed E-state index contributed by atoms with van der Waals surface area (Å²) in [6.45, 7) is 1.91. The highest BCUT2D eigenvalue weighted by molar-refractivity contribution is 7.98. The van der Waals surface area contributed by atoms with Crippen molar-refractivity contribution >= 4 is 11.8 Å². The van der Waals surface area contributed by atoms with Gasteiger partial charge in [0.25, 0.3) is 0 Å². The number of benzene rings is 3. The lowest BCUT2D eigenvalue weighted by Gasteiger charge is -2.22. The van der Waals surface area contributed by atoms with Crippen LogP contribution in [0.4, 0.5) is 0 Å². The van der Waals surface area contributed by atoms with Gasteiger partial charge < -0.3 is 4.57 Å². The molecule has 3 heteroatoms. The molecule has 0 aliphatic carbocycles. The highest BCUT2D eigenvalue weighted by atomic mass is 32.2. The van der Waals surface area contributed by atoms with Gasteiger partial charge in [0, 0.05) is 22.2 Å². The van der Waals surface area contributed by atoms with Gasteiger partial charge in [0.2, 0.25) is 0 Å². The second-order valence-corrected chi connectivity index (χ2v) is 7.52. The summed E-state index contributed by atoms with van der Waals surface area (Å²) in [5.41, 5.74) is 5.73. The Morgan fingerprint density at radius 3 is 2.04 bits per heavy atom. The van der Waals surface area contributed by atoms with E-state index in [1.807, 2.05) is 55.5 Å². The minimum Gasteiger partial charge on any atom is -0.309 e. The minimum absolute atomic E-state index is 0.0509. The average Bonchev–Trinajstić information content (AvgIpc) is 2.76. The zero-order valence-electron chi connectivity index (χ0n) is 15.9. The molecule has 0 saturated carbocycles. The fourth-order valence-corrected chi connectivity index (χ4v) is 3.94. The molecule has 0 atom stereocenters. The lowest BCUT2D eigenvalue weighted by atomic mass is 10.0. The lowest BCUT2D eigenvalue weighted by Crippen LogP contribution is -2.15. The first-order valence-electron chi connectivity index (χ1n) is 9.21. The number of thioether (sulfide) groups is 1. The van der Waals surface area contributed by atoms with Gasteiger partial charge in [-0.25, -0.2) is 0 Å². The monoisotopic (exact) mass is 383 g/mol. The van der Waals surface area contributed by atoms with E-state index in [-0.39, 0.29) is 5.43 Å². The highest BCUT2D eigenvalue weighted by Crippen LogP contribution is 2.32. The van der Waals surface area contributed by atoms with Gasteiger partial charge in [-0.2, -0.15) is 0 Å². The van der Waals surface area contributed by atoms with E-state index in [4.69, 9.17) is 0 Å². The third-order valence-electron chi connectivity index (χ3n) is 4.89. The molecular formula is C25H21NOS. The van der Waals surface area contributed by atoms with E-state index in [0.29, 0.717) is 0 Å². The largest absolute Gasteiger partial charge is 0.309 e. The van der Waals surface area contributed by atoms with Gasteiger partial charge in [0.15, 0.2) is 5.43 Å². The number of aromatic nitrogens is 1. The molecule has 0 N–H and O–H groups in total. The molecule has 0 bridgehead atoms. The maximum atomic E-state index is 12.9. The predicted molar refractivity (Wildman–Crippen MR) is 119 cm³/mol. The van der Waals surface area contributed by atoms with Gasteiger partial charge in [-0.1, -0.05) is 66.7 Å². The van der Waals surface area contributed by atoms with Crippen LogP contribution in [-0.2, 0) is 0 Å². The highest BCUT2D eigenvalue weighted by Gasteiger charge is 2.17. The van der Waals surface area contributed by atoms with Gasteiger partial charge in [-0.05, 0) is 42.5 Å². The van der Waals surface area contributed by atoms with Crippen molar-refractivity contribution in [3.63, 3.8) is 0 Å². The molecule has 3 aromatic carbocycles. The van der Waals surface area contributed by atoms with Gasteiger partial charge >= 0.3 is 0 Å². The van der Waals surface area contributed by atoms with Crippen LogP contribution in [0, 0.1) is 6.92 Å². The van der Waals surface area contributed by atoms with Crippen LogP contribution in [0.15, 0.2) is 101 Å². The summed E-state index contributed by atoms with van der Waals surface area (Å²) in [5.74, 6) is 0. The molecule has 28 heavy (non-hydrogen) atoms. The summed E-state index contributed by atoms with van der Waals surface area (Å²) in [4.78, 5) is 14.1. The quantitative estimate of drug-likeness (QED) is 0.391. The normalized spacial score (nSPS) is 10.8. The van der Waals surface area contributed by atoms with Crippen molar-refractivity contribution in [2.45, 2.75) is 11.8 Å². The zero-order valence-corrected chi connectivity index (χ0v) is 16.7. The topological polar surface area (TPSA) is 22.0 Å². The molecule has 0 fully saturated rings. The lowest BCUT2D eigenvalue weighted by molar-refractivity contribution is 1.03. The zero-order chi connectivity index (χ0) is 19.5. The van der Waals surface area contributed by atoms with Gasteiger partial charge in [-0.15, -0.1) is 11.8 Å². The van der Waals surface area contributed by atoms with E-state index in [0.717, 1.165) is 33.8 Å². The smallest absolute Gasteiger partial charge is 0.185 e. The number of rotatable bonds is 4. The van der Waals surface area contributed by atoms with Crippen LogP contribution >= 0.6 is 11.8 Å². The summed E-state index contributed by atoms with van der Waals surface area (Å²) < 4.78 is 2.21. The molecule has 4 aromatic rings. The molecule has 1 aromatic heterocycles. The molecule has 4 rings (SSSR count). The van der Waals surface area contributed by atoms with Crippen LogP contribution in [0.1, 0.15) is 5.56 Å². The molecule has 1 heterocycles. The molecular weight excluding hydrogens is 362 g/mol. The first-order valence-corrected chi connectivity index (χ1v) is 10.4. The summed E-state index contributed by atoms with van der Waals surface area (Å²) in [6, 6.07) is 30.4. The summed E-state index contributed by atoms with van der Waals surface area (Å²) >= 11 is 1.71. The van der Waals surface area contributed by atoms with Crippen LogP contribution in [-0.4, -0.2) is 10.8 Å². The summed E-state index contributed by atoms with van der Waals surface area (Å²) in [7, 11) is 0. The molecule has 0 unspecified atom stereocenters. The van der Waals surface area contributed by atoms with Crippen molar-refractivity contribution in [1.29, 1.82) is 0 Å². The van der Waals surface area contributed by atoms with E-state index in [1.165, 1.54) is 4.90 Å². The Kier molecular flexibility index (Phi) is 5.18. The third-order valence-corrected chi connectivity index (χ3v) is 5.61. The summed E-state index contributed by atoms with van der Waals surface area (Å²) in [6.07, 6.45) is 2.08. The van der Waals surface area contributed by atoms with Crippen LogP contribution in [0.25, 0.3) is 28.2 Å². The molecule has 0 aliphatic rings. The van der Waals surface area contributed by atoms with Crippen LogP contribution in [0.2, 0.25) is 0 Å². The Bertz CT molecular complexity index is 1160. The van der Waals surface area contributed by atoms with Crippen LogP contribution < -0.4 is 5.43 Å². The van der Waals surface area contributed by atoms with Crippen molar-refractivity contribution in [2.75, 3.05) is 6.26 Å². The minimum atomic E-state index is 0.0509. The Balaban J connectivity index is 2.13. The number of hydrogen-bond donors (Lipinski definition) is 0. The number of nitrogens with zero attached hydrogens (tertiary/aromatic N) is 1. The third kappa shape index (κ3) is 3.41. The molecule has 0 saturated heterocycles. The molecule has 2 nitrogen and oxygen atoms in total. The van der Waals surface area contributed by atoms with Crippen molar-refractivity contribution < 1.29 is 0 Å². The van der Waals surface area contributed by atoms with Crippen molar-refractivity contribution in [1.82, 2.24) is 4.57 Å². The van der Waals surface area contributed by atoms with E-state index in [2.05, 4.69) is 47.2 Å². The van der Waals surface area contributed by atoms with E-state index in [1.54, 1.807) is 17.8 Å². The average molecular weight is 384 g/mol. The second kappa shape index (κ2) is 7.91. The number of pyridine rings is 1. The van der Waals surface area contributed by atoms with Crippen LogP contribution in [0.5, 0.6) is 0 Å². The molecule has 138 valence electrons. The second-order valence-electron chi connectivity index (χ2n) is 6.64. The fourth-order valence-electron chi connectivity index (χ4n) is 3.48. The van der Waals surface area contributed by atoms with E-state index < -0.39 is 0 Å². The van der Waals surface area contributed by atoms with Crippen LogP contribution in [0.3, 0.4) is 0 Å². The van der Waals surface area contributed by atoms with Crippen molar-refractivity contribution in [2.24, 2.45) is 0 Å². The van der Waals surface area contributed by atoms with Crippen molar-refractivity contribution in [3.05, 3.63) is 107 Å². The van der Waals surface area contributed by atoms with E-state index in [9.17, 15) is 4.79 Å². The van der Waals surface area contributed by atoms with Gasteiger partial charge in [0.1, 0.15) is 0 Å². The Hall–Kier alpha value is -3.04. The predicted octanol–water partition coefficient (Wildman–Crippen LogP) is 6.20. The maximum absolute atomic E-state index is 12.9. The standard InChI is InChI=1S/C25H21NOS/c1-18-24(27)17-23(19-10-5-3-6-11-19)26(21-14-9-15-22(16-21)28-2)25(18)20-12-7-4-8-13-20/h3-17H,1-2H3.